The van der Waals surface area contributed by atoms with Crippen molar-refractivity contribution in [2.45, 2.75) is 62.4 Å². The number of nitrogens with zero attached hydrogens (tertiary/aromatic N) is 2. The van der Waals surface area contributed by atoms with E-state index in [4.69, 9.17) is 9.41 Å². The Kier molecular flexibility index (Phi) is 11.2. The van der Waals surface area contributed by atoms with Gasteiger partial charge in [-0.05, 0) is 51.5 Å². The van der Waals surface area contributed by atoms with E-state index in [9.17, 15) is 0 Å². The Morgan fingerprint density at radius 1 is 0.545 bits per heavy atom. The second-order valence-corrected chi connectivity index (χ2v) is 20.8. The molecule has 4 nitrogen and oxygen atoms in total. The Hall–Kier alpha value is -5.33. The van der Waals surface area contributed by atoms with Crippen LogP contribution in [0.3, 0.4) is 0 Å². The molecule has 0 fully saturated rings. The van der Waals surface area contributed by atoms with E-state index >= 15 is 0 Å². The molecule has 278 valence electrons. The van der Waals surface area contributed by atoms with Crippen LogP contribution in [0, 0.1) is 0 Å². The third kappa shape index (κ3) is 7.53. The van der Waals surface area contributed by atoms with Gasteiger partial charge in [-0.25, -0.2) is 4.98 Å². The highest BCUT2D eigenvalue weighted by Gasteiger charge is 2.43. The van der Waals surface area contributed by atoms with E-state index in [0.717, 1.165) is 5.69 Å². The minimum atomic E-state index is -2.15. The number of aromatic nitrogens is 2. The highest BCUT2D eigenvalue weighted by molar-refractivity contribution is 6.74. The molecule has 1 atom stereocenters. The van der Waals surface area contributed by atoms with E-state index in [1.54, 1.807) is 0 Å². The predicted molar refractivity (Wildman–Crippen MR) is 230 cm³/mol. The molecule has 6 aromatic carbocycles. The van der Waals surface area contributed by atoms with Crippen molar-refractivity contribution < 1.29 is 4.43 Å². The monoisotopic (exact) mass is 739 g/mol. The number of benzene rings is 6. The van der Waals surface area contributed by atoms with E-state index in [1.807, 2.05) is 6.33 Å². The van der Waals surface area contributed by atoms with Crippen LogP contribution in [0.1, 0.15) is 59.8 Å². The summed E-state index contributed by atoms with van der Waals surface area (Å²) >= 11 is 0. The van der Waals surface area contributed by atoms with Gasteiger partial charge in [0.15, 0.2) is 8.32 Å². The molecule has 0 spiro atoms. The zero-order valence-electron chi connectivity index (χ0n) is 32.8. The predicted octanol–water partition coefficient (Wildman–Crippen LogP) is 11.2. The summed E-state index contributed by atoms with van der Waals surface area (Å²) in [7, 11) is -2.15. The van der Waals surface area contributed by atoms with Gasteiger partial charge in [-0.15, -0.1) is 0 Å². The summed E-state index contributed by atoms with van der Waals surface area (Å²) in [5, 5.41) is 4.39. The summed E-state index contributed by atoms with van der Waals surface area (Å²) in [6.07, 6.45) is 4.74. The Morgan fingerprint density at radius 3 is 1.24 bits per heavy atom. The van der Waals surface area contributed by atoms with E-state index in [1.165, 1.54) is 33.4 Å². The molecular formula is C50H53N3OSi. The second-order valence-electron chi connectivity index (χ2n) is 16.0. The molecule has 0 saturated heterocycles. The topological polar surface area (TPSA) is 39.1 Å². The Balaban J connectivity index is 1.44. The van der Waals surface area contributed by atoms with Gasteiger partial charge in [-0.3, -0.25) is 5.32 Å². The van der Waals surface area contributed by atoms with Gasteiger partial charge in [0.05, 0.1) is 11.9 Å². The van der Waals surface area contributed by atoms with Gasteiger partial charge in [0.25, 0.3) is 0 Å². The van der Waals surface area contributed by atoms with Gasteiger partial charge in [0.2, 0.25) is 0 Å². The molecular weight excluding hydrogens is 687 g/mol. The molecule has 0 saturated carbocycles. The SMILES string of the molecule is CC(C)(C)[Si](C)(C)OCC(Cc1cncn1C(c1ccccc1)(c1ccccc1)c1ccccc1)NC(c1ccccc1)(c1ccccc1)c1ccccc1. The van der Waals surface area contributed by atoms with Crippen molar-refractivity contribution in [1.82, 2.24) is 14.9 Å². The Bertz CT molecular complexity index is 2020. The normalized spacial score (nSPS) is 13.0. The summed E-state index contributed by atoms with van der Waals surface area (Å²) in [4.78, 5) is 4.94. The molecule has 0 aliphatic rings. The average molecular weight is 740 g/mol. The minimum absolute atomic E-state index is 0.0534. The number of hydrogen-bond acceptors (Lipinski definition) is 3. The minimum Gasteiger partial charge on any atom is -0.415 e. The fourth-order valence-corrected chi connectivity index (χ4v) is 8.83. The molecule has 7 rings (SSSR count). The molecule has 5 heteroatoms. The molecule has 0 bridgehead atoms. The van der Waals surface area contributed by atoms with Crippen molar-refractivity contribution in [1.29, 1.82) is 0 Å². The van der Waals surface area contributed by atoms with E-state index in [0.29, 0.717) is 13.0 Å². The standard InChI is InChI=1S/C50H53N3OSi/c1-48(2,3)55(4,5)54-38-46(52-49(40-24-12-6-13-25-40,41-26-14-7-15-27-41)42-28-16-8-17-29-42)36-47-37-51-39-53(47)50(43-30-18-9-19-31-43,44-32-20-10-21-33-44)45-34-22-11-23-35-45/h6-35,37,39,46,52H,36,38H2,1-5H3. The lowest BCUT2D eigenvalue weighted by atomic mass is 9.76. The van der Waals surface area contributed by atoms with Crippen molar-refractivity contribution in [2.24, 2.45) is 0 Å². The van der Waals surface area contributed by atoms with Gasteiger partial charge < -0.3 is 8.99 Å². The van der Waals surface area contributed by atoms with Crippen molar-refractivity contribution in [3.05, 3.63) is 234 Å². The second kappa shape index (κ2) is 16.2. The van der Waals surface area contributed by atoms with Crippen LogP contribution in [0.25, 0.3) is 0 Å². The molecule has 55 heavy (non-hydrogen) atoms. The summed E-state index contributed by atoms with van der Waals surface area (Å²) in [6, 6.07) is 65.0. The number of rotatable bonds is 14. The molecule has 0 radical (unpaired) electrons. The quantitative estimate of drug-likeness (QED) is 0.0892. The molecule has 0 amide bonds. The summed E-state index contributed by atoms with van der Waals surface area (Å²) in [5.41, 5.74) is 6.77. The highest BCUT2D eigenvalue weighted by Crippen LogP contribution is 2.43. The highest BCUT2D eigenvalue weighted by atomic mass is 28.4. The van der Waals surface area contributed by atoms with Crippen molar-refractivity contribution in [2.75, 3.05) is 6.61 Å². The fourth-order valence-electron chi connectivity index (χ4n) is 7.78. The zero-order chi connectivity index (χ0) is 38.4. The lowest BCUT2D eigenvalue weighted by molar-refractivity contribution is 0.220. The van der Waals surface area contributed by atoms with Gasteiger partial charge in [-0.2, -0.15) is 0 Å². The van der Waals surface area contributed by atoms with Gasteiger partial charge in [-0.1, -0.05) is 203 Å². The van der Waals surface area contributed by atoms with Gasteiger partial charge in [0, 0.05) is 31.0 Å². The molecule has 0 aliphatic carbocycles. The van der Waals surface area contributed by atoms with Crippen LogP contribution < -0.4 is 5.32 Å². The van der Waals surface area contributed by atoms with Crippen LogP contribution in [0.15, 0.2) is 195 Å². The van der Waals surface area contributed by atoms with E-state index in [-0.39, 0.29) is 11.1 Å². The Morgan fingerprint density at radius 2 is 0.891 bits per heavy atom. The lowest BCUT2D eigenvalue weighted by Crippen LogP contribution is -2.54. The largest absolute Gasteiger partial charge is 0.415 e. The third-order valence-electron chi connectivity index (χ3n) is 11.6. The maximum absolute atomic E-state index is 7.18. The summed E-state index contributed by atoms with van der Waals surface area (Å²) in [6.45, 7) is 12.2. The van der Waals surface area contributed by atoms with Gasteiger partial charge >= 0.3 is 0 Å². The maximum atomic E-state index is 7.18. The molecule has 7 aromatic rings. The first-order chi connectivity index (χ1) is 26.7. The first-order valence-electron chi connectivity index (χ1n) is 19.4. The molecule has 0 aliphatic heterocycles. The summed E-state index contributed by atoms with van der Waals surface area (Å²) < 4.78 is 9.59. The van der Waals surface area contributed by atoms with E-state index in [2.05, 4.69) is 232 Å². The van der Waals surface area contributed by atoms with Gasteiger partial charge in [0.1, 0.15) is 5.54 Å². The van der Waals surface area contributed by atoms with Crippen LogP contribution in [-0.4, -0.2) is 30.5 Å². The number of nitrogens with one attached hydrogen (secondary N) is 1. The smallest absolute Gasteiger partial charge is 0.192 e. The van der Waals surface area contributed by atoms with Crippen molar-refractivity contribution in [3.8, 4) is 0 Å². The van der Waals surface area contributed by atoms with Crippen LogP contribution in [0.2, 0.25) is 18.1 Å². The number of hydrogen-bond donors (Lipinski definition) is 1. The van der Waals surface area contributed by atoms with Crippen molar-refractivity contribution in [3.63, 3.8) is 0 Å². The first-order valence-corrected chi connectivity index (χ1v) is 22.3. The fraction of sp³-hybridized carbons (Fsp3) is 0.220. The van der Waals surface area contributed by atoms with Crippen LogP contribution >= 0.6 is 0 Å². The number of imidazole rings is 1. The van der Waals surface area contributed by atoms with Crippen LogP contribution in [0.4, 0.5) is 0 Å². The Labute approximate surface area is 329 Å². The molecule has 1 N–H and O–H groups in total. The van der Waals surface area contributed by atoms with Crippen LogP contribution in [0.5, 0.6) is 0 Å². The third-order valence-corrected chi connectivity index (χ3v) is 16.1. The van der Waals surface area contributed by atoms with E-state index < -0.39 is 19.4 Å². The molecule has 1 heterocycles. The average Bonchev–Trinajstić information content (AvgIpc) is 3.69. The summed E-state index contributed by atoms with van der Waals surface area (Å²) in [5.74, 6) is 0. The lowest BCUT2D eigenvalue weighted by Gasteiger charge is -2.43. The first kappa shape index (κ1) is 38.0. The molecule has 1 aromatic heterocycles. The van der Waals surface area contributed by atoms with Crippen molar-refractivity contribution >= 4 is 8.32 Å². The zero-order valence-corrected chi connectivity index (χ0v) is 33.8. The maximum Gasteiger partial charge on any atom is 0.192 e. The van der Waals surface area contributed by atoms with Crippen LogP contribution in [-0.2, 0) is 21.9 Å². The molecule has 1 unspecified atom stereocenters.